The second kappa shape index (κ2) is 6.37. The Kier molecular flexibility index (Phi) is 4.81. The zero-order valence-electron chi connectivity index (χ0n) is 10.7. The SMILES string of the molecule is CC1CCC(C(=O)CSc2ccc(F)cc2)CC1. The van der Waals surface area contributed by atoms with Crippen LogP contribution in [0.5, 0.6) is 0 Å². The number of carbonyl (C=O) groups is 1. The van der Waals surface area contributed by atoms with E-state index in [9.17, 15) is 9.18 Å². The molecule has 1 aromatic rings. The van der Waals surface area contributed by atoms with Crippen molar-refractivity contribution < 1.29 is 9.18 Å². The van der Waals surface area contributed by atoms with Gasteiger partial charge in [-0.25, -0.2) is 4.39 Å². The molecule has 0 saturated heterocycles. The Labute approximate surface area is 112 Å². The highest BCUT2D eigenvalue weighted by Gasteiger charge is 2.23. The fraction of sp³-hybridized carbons (Fsp3) is 0.533. The van der Waals surface area contributed by atoms with Crippen LogP contribution >= 0.6 is 11.8 Å². The summed E-state index contributed by atoms with van der Waals surface area (Å²) in [6.07, 6.45) is 4.45. The van der Waals surface area contributed by atoms with Gasteiger partial charge >= 0.3 is 0 Å². The van der Waals surface area contributed by atoms with Crippen LogP contribution in [0.25, 0.3) is 0 Å². The number of halogens is 1. The maximum absolute atomic E-state index is 12.7. The van der Waals surface area contributed by atoms with Gasteiger partial charge < -0.3 is 0 Å². The maximum atomic E-state index is 12.7. The molecule has 0 heterocycles. The molecule has 0 aromatic heterocycles. The molecule has 0 atom stereocenters. The van der Waals surface area contributed by atoms with E-state index < -0.39 is 0 Å². The Morgan fingerprint density at radius 3 is 2.44 bits per heavy atom. The Balaban J connectivity index is 1.79. The third kappa shape index (κ3) is 3.84. The molecule has 0 spiro atoms. The largest absolute Gasteiger partial charge is 0.298 e. The maximum Gasteiger partial charge on any atom is 0.146 e. The van der Waals surface area contributed by atoms with E-state index in [2.05, 4.69) is 6.92 Å². The summed E-state index contributed by atoms with van der Waals surface area (Å²) in [5.41, 5.74) is 0. The fourth-order valence-corrected chi connectivity index (χ4v) is 3.26. The lowest BCUT2D eigenvalue weighted by atomic mass is 9.81. The highest BCUT2D eigenvalue weighted by Crippen LogP contribution is 2.30. The molecule has 1 fully saturated rings. The van der Waals surface area contributed by atoms with Crippen LogP contribution in [0.4, 0.5) is 4.39 Å². The normalized spacial score (nSPS) is 23.9. The summed E-state index contributed by atoms with van der Waals surface area (Å²) in [5, 5.41) is 0. The quantitative estimate of drug-likeness (QED) is 0.755. The first-order valence-electron chi connectivity index (χ1n) is 6.56. The molecule has 1 aliphatic carbocycles. The van der Waals surface area contributed by atoms with Crippen molar-refractivity contribution in [1.29, 1.82) is 0 Å². The van der Waals surface area contributed by atoms with Gasteiger partial charge in [0.2, 0.25) is 0 Å². The van der Waals surface area contributed by atoms with Gasteiger partial charge in [-0.05, 0) is 43.0 Å². The molecule has 0 amide bonds. The molecule has 0 radical (unpaired) electrons. The van der Waals surface area contributed by atoms with Gasteiger partial charge in [-0.15, -0.1) is 11.8 Å². The summed E-state index contributed by atoms with van der Waals surface area (Å²) in [7, 11) is 0. The highest BCUT2D eigenvalue weighted by atomic mass is 32.2. The first-order valence-corrected chi connectivity index (χ1v) is 7.55. The Bertz CT molecular complexity index is 393. The Morgan fingerprint density at radius 1 is 1.22 bits per heavy atom. The van der Waals surface area contributed by atoms with Crippen LogP contribution in [0.2, 0.25) is 0 Å². The predicted octanol–water partition coefficient (Wildman–Crippen LogP) is 4.31. The molecular formula is C15H19FOS. The number of thioether (sulfide) groups is 1. The smallest absolute Gasteiger partial charge is 0.146 e. The number of rotatable bonds is 4. The van der Waals surface area contributed by atoms with Crippen molar-refractivity contribution in [2.45, 2.75) is 37.5 Å². The van der Waals surface area contributed by atoms with Gasteiger partial charge in [0.25, 0.3) is 0 Å². The molecule has 1 aromatic carbocycles. The lowest BCUT2D eigenvalue weighted by Gasteiger charge is -2.24. The van der Waals surface area contributed by atoms with Crippen molar-refractivity contribution in [3.8, 4) is 0 Å². The van der Waals surface area contributed by atoms with E-state index in [1.54, 1.807) is 12.1 Å². The van der Waals surface area contributed by atoms with Gasteiger partial charge in [0.05, 0.1) is 5.75 Å². The average Bonchev–Trinajstić information content (AvgIpc) is 2.38. The molecule has 0 bridgehead atoms. The zero-order chi connectivity index (χ0) is 13.0. The van der Waals surface area contributed by atoms with Crippen molar-refractivity contribution in [3.63, 3.8) is 0 Å². The number of ketones is 1. The van der Waals surface area contributed by atoms with Crippen LogP contribution in [-0.2, 0) is 4.79 Å². The monoisotopic (exact) mass is 266 g/mol. The van der Waals surface area contributed by atoms with E-state index in [4.69, 9.17) is 0 Å². The second-order valence-corrected chi connectivity index (χ2v) is 6.21. The zero-order valence-corrected chi connectivity index (χ0v) is 11.5. The summed E-state index contributed by atoms with van der Waals surface area (Å²) in [4.78, 5) is 13.0. The van der Waals surface area contributed by atoms with Gasteiger partial charge in [-0.3, -0.25) is 4.79 Å². The van der Waals surface area contributed by atoms with Crippen molar-refractivity contribution in [3.05, 3.63) is 30.1 Å². The lowest BCUT2D eigenvalue weighted by molar-refractivity contribution is -0.121. The minimum absolute atomic E-state index is 0.230. The summed E-state index contributed by atoms with van der Waals surface area (Å²) in [5.74, 6) is 1.68. The molecule has 0 unspecified atom stereocenters. The number of benzene rings is 1. The average molecular weight is 266 g/mol. The molecule has 18 heavy (non-hydrogen) atoms. The molecule has 1 nitrogen and oxygen atoms in total. The van der Waals surface area contributed by atoms with E-state index in [-0.39, 0.29) is 11.7 Å². The molecule has 98 valence electrons. The number of Topliss-reactive ketones (excluding diaryl/α,β-unsaturated/α-hetero) is 1. The number of hydrogen-bond acceptors (Lipinski definition) is 2. The summed E-state index contributed by atoms with van der Waals surface area (Å²) >= 11 is 1.52. The minimum Gasteiger partial charge on any atom is -0.298 e. The van der Waals surface area contributed by atoms with Crippen LogP contribution in [0.15, 0.2) is 29.2 Å². The summed E-state index contributed by atoms with van der Waals surface area (Å²) < 4.78 is 12.7. The Hall–Kier alpha value is -0.830. The molecule has 0 aliphatic heterocycles. The highest BCUT2D eigenvalue weighted by molar-refractivity contribution is 8.00. The first-order chi connectivity index (χ1) is 8.65. The minimum atomic E-state index is -0.230. The number of carbonyl (C=O) groups excluding carboxylic acids is 1. The third-order valence-electron chi connectivity index (χ3n) is 3.67. The standard InChI is InChI=1S/C15H19FOS/c1-11-2-4-12(5-3-11)15(17)10-18-14-8-6-13(16)7-9-14/h6-9,11-12H,2-5,10H2,1H3. The predicted molar refractivity (Wildman–Crippen MR) is 73.3 cm³/mol. The third-order valence-corrected chi connectivity index (χ3v) is 4.70. The van der Waals surface area contributed by atoms with Gasteiger partial charge in [-0.1, -0.05) is 19.8 Å². The van der Waals surface area contributed by atoms with E-state index >= 15 is 0 Å². The van der Waals surface area contributed by atoms with Crippen molar-refractivity contribution in [2.75, 3.05) is 5.75 Å². The van der Waals surface area contributed by atoms with E-state index in [0.717, 1.165) is 23.7 Å². The van der Waals surface area contributed by atoms with Crippen molar-refractivity contribution in [2.24, 2.45) is 11.8 Å². The van der Waals surface area contributed by atoms with Gasteiger partial charge in [0.15, 0.2) is 0 Å². The lowest BCUT2D eigenvalue weighted by Crippen LogP contribution is -2.22. The first kappa shape index (κ1) is 13.6. The van der Waals surface area contributed by atoms with Crippen molar-refractivity contribution in [1.82, 2.24) is 0 Å². The second-order valence-electron chi connectivity index (χ2n) is 5.17. The van der Waals surface area contributed by atoms with Crippen LogP contribution in [0.3, 0.4) is 0 Å². The van der Waals surface area contributed by atoms with Gasteiger partial charge in [0.1, 0.15) is 11.6 Å². The molecule has 3 heteroatoms. The summed E-state index contributed by atoms with van der Waals surface area (Å²) in [6, 6.07) is 6.34. The van der Waals surface area contributed by atoms with Crippen molar-refractivity contribution >= 4 is 17.5 Å². The fourth-order valence-electron chi connectivity index (χ4n) is 2.39. The topological polar surface area (TPSA) is 17.1 Å². The van der Waals surface area contributed by atoms with Crippen LogP contribution < -0.4 is 0 Å². The van der Waals surface area contributed by atoms with Gasteiger partial charge in [-0.2, -0.15) is 0 Å². The van der Waals surface area contributed by atoms with E-state index in [1.807, 2.05) is 0 Å². The molecular weight excluding hydrogens is 247 g/mol. The molecule has 1 aliphatic rings. The molecule has 0 N–H and O–H groups in total. The van der Waals surface area contributed by atoms with E-state index in [0.29, 0.717) is 11.5 Å². The molecule has 2 rings (SSSR count). The van der Waals surface area contributed by atoms with Crippen LogP contribution in [0.1, 0.15) is 32.6 Å². The Morgan fingerprint density at radius 2 is 1.83 bits per heavy atom. The summed E-state index contributed by atoms with van der Waals surface area (Å²) in [6.45, 7) is 2.26. The number of hydrogen-bond donors (Lipinski definition) is 0. The van der Waals surface area contributed by atoms with Crippen LogP contribution in [-0.4, -0.2) is 11.5 Å². The van der Waals surface area contributed by atoms with Gasteiger partial charge in [0, 0.05) is 10.8 Å². The molecule has 1 saturated carbocycles. The van der Waals surface area contributed by atoms with Crippen LogP contribution in [0, 0.1) is 17.7 Å². The van der Waals surface area contributed by atoms with E-state index in [1.165, 1.54) is 36.7 Å².